The van der Waals surface area contributed by atoms with E-state index in [1.807, 2.05) is 37.3 Å². The lowest BCUT2D eigenvalue weighted by Gasteiger charge is -2.04. The van der Waals surface area contributed by atoms with E-state index < -0.39 is 11.6 Å². The van der Waals surface area contributed by atoms with E-state index in [2.05, 4.69) is 10.3 Å². The van der Waals surface area contributed by atoms with Crippen LogP contribution in [0.1, 0.15) is 21.6 Å². The van der Waals surface area contributed by atoms with Crippen LogP contribution in [0.25, 0.3) is 11.0 Å². The Morgan fingerprint density at radius 1 is 1.15 bits per heavy atom. The fraction of sp³-hybridized carbons (Fsp3) is 0.100. The molecule has 0 aliphatic rings. The van der Waals surface area contributed by atoms with Crippen molar-refractivity contribution >= 4 is 16.9 Å². The average molecular weight is 361 g/mol. The fourth-order valence-corrected chi connectivity index (χ4v) is 2.77. The lowest BCUT2D eigenvalue weighted by Crippen LogP contribution is -2.09. The van der Waals surface area contributed by atoms with E-state index in [0.717, 1.165) is 16.5 Å². The van der Waals surface area contributed by atoms with Gasteiger partial charge in [-0.05, 0) is 30.2 Å². The van der Waals surface area contributed by atoms with Crippen LogP contribution in [0.3, 0.4) is 0 Å². The van der Waals surface area contributed by atoms with E-state index in [9.17, 15) is 9.59 Å². The van der Waals surface area contributed by atoms with Crippen LogP contribution >= 0.6 is 0 Å². The third-order valence-corrected chi connectivity index (χ3v) is 4.07. The summed E-state index contributed by atoms with van der Waals surface area (Å²) in [6.07, 6.45) is 1.53. The Hall–Kier alpha value is -3.74. The Kier molecular flexibility index (Phi) is 4.25. The Balaban J connectivity index is 1.52. The van der Waals surface area contributed by atoms with Crippen molar-refractivity contribution in [2.75, 3.05) is 0 Å². The zero-order chi connectivity index (χ0) is 18.8. The molecule has 0 unspecified atom stereocenters. The predicted molar refractivity (Wildman–Crippen MR) is 97.7 cm³/mol. The molecule has 0 spiro atoms. The van der Waals surface area contributed by atoms with E-state index in [4.69, 9.17) is 9.15 Å². The maximum Gasteiger partial charge on any atom is 0.365 e. The Morgan fingerprint density at radius 3 is 2.78 bits per heavy atom. The number of hydrogen-bond donors (Lipinski definition) is 0. The van der Waals surface area contributed by atoms with Gasteiger partial charge in [0.15, 0.2) is 5.69 Å². The van der Waals surface area contributed by atoms with Gasteiger partial charge in [0.1, 0.15) is 11.3 Å². The first-order valence-corrected chi connectivity index (χ1v) is 8.29. The quantitative estimate of drug-likeness (QED) is 0.315. The summed E-state index contributed by atoms with van der Waals surface area (Å²) < 4.78 is 12.1. The van der Waals surface area contributed by atoms with Crippen molar-refractivity contribution in [3.8, 4) is 5.75 Å². The minimum absolute atomic E-state index is 0.0942. The Morgan fingerprint density at radius 2 is 1.96 bits per heavy atom. The van der Waals surface area contributed by atoms with Crippen LogP contribution in [0.2, 0.25) is 0 Å². The van der Waals surface area contributed by atoms with E-state index >= 15 is 0 Å². The molecule has 27 heavy (non-hydrogen) atoms. The van der Waals surface area contributed by atoms with Gasteiger partial charge < -0.3 is 9.15 Å². The van der Waals surface area contributed by atoms with Gasteiger partial charge in [0, 0.05) is 17.5 Å². The predicted octanol–water partition coefficient (Wildman–Crippen LogP) is 2.96. The molecule has 4 rings (SSSR count). The SMILES string of the molecule is Cc1cc(=O)oc2cc(OC(=O)c3cn(Cc4ccccc4)nn3)ccc12. The zero-order valence-electron chi connectivity index (χ0n) is 14.5. The maximum atomic E-state index is 12.3. The molecule has 0 fully saturated rings. The number of fused-ring (bicyclic) bond motifs is 1. The van der Waals surface area contributed by atoms with E-state index in [1.54, 1.807) is 16.8 Å². The number of hydrogen-bond acceptors (Lipinski definition) is 6. The third kappa shape index (κ3) is 3.62. The number of carbonyl (C=O) groups is 1. The van der Waals surface area contributed by atoms with Crippen LogP contribution in [0.4, 0.5) is 0 Å². The minimum atomic E-state index is -0.635. The summed E-state index contributed by atoms with van der Waals surface area (Å²) >= 11 is 0. The third-order valence-electron chi connectivity index (χ3n) is 4.07. The molecule has 0 atom stereocenters. The summed E-state index contributed by atoms with van der Waals surface area (Å²) in [7, 11) is 0. The summed E-state index contributed by atoms with van der Waals surface area (Å²) in [4.78, 5) is 23.8. The van der Waals surface area contributed by atoms with Crippen LogP contribution in [-0.2, 0) is 6.54 Å². The standard InChI is InChI=1S/C20H15N3O4/c1-13-9-19(24)27-18-10-15(7-8-16(13)18)26-20(25)17-12-23(22-21-17)11-14-5-3-2-4-6-14/h2-10,12H,11H2,1H3. The van der Waals surface area contributed by atoms with E-state index in [-0.39, 0.29) is 11.4 Å². The molecule has 0 bridgehead atoms. The smallest absolute Gasteiger partial charge is 0.365 e. The highest BCUT2D eigenvalue weighted by atomic mass is 16.5. The maximum absolute atomic E-state index is 12.3. The molecule has 4 aromatic rings. The number of esters is 1. The van der Waals surface area contributed by atoms with Gasteiger partial charge in [0.25, 0.3) is 0 Å². The molecule has 0 aliphatic carbocycles. The van der Waals surface area contributed by atoms with Crippen molar-refractivity contribution in [3.63, 3.8) is 0 Å². The number of aromatic nitrogens is 3. The number of ether oxygens (including phenoxy) is 1. The number of aryl methyl sites for hydroxylation is 1. The second kappa shape index (κ2) is 6.87. The van der Waals surface area contributed by atoms with Crippen molar-refractivity contribution in [1.82, 2.24) is 15.0 Å². The molecule has 0 saturated heterocycles. The van der Waals surface area contributed by atoms with Crippen molar-refractivity contribution in [2.45, 2.75) is 13.5 Å². The van der Waals surface area contributed by atoms with Gasteiger partial charge in [-0.25, -0.2) is 14.3 Å². The lowest BCUT2D eigenvalue weighted by atomic mass is 10.1. The lowest BCUT2D eigenvalue weighted by molar-refractivity contribution is 0.0728. The molecule has 7 nitrogen and oxygen atoms in total. The molecule has 2 aromatic carbocycles. The highest BCUT2D eigenvalue weighted by molar-refractivity contribution is 5.89. The summed E-state index contributed by atoms with van der Waals surface area (Å²) in [5.41, 5.74) is 1.84. The largest absolute Gasteiger partial charge is 0.423 e. The van der Waals surface area contributed by atoms with Gasteiger partial charge >= 0.3 is 11.6 Å². The molecule has 134 valence electrons. The molecular weight excluding hydrogens is 346 g/mol. The monoisotopic (exact) mass is 361 g/mol. The minimum Gasteiger partial charge on any atom is -0.423 e. The normalized spacial score (nSPS) is 10.9. The van der Waals surface area contributed by atoms with Crippen LogP contribution in [-0.4, -0.2) is 21.0 Å². The molecule has 0 saturated carbocycles. The number of carbonyl (C=O) groups excluding carboxylic acids is 1. The highest BCUT2D eigenvalue weighted by Crippen LogP contribution is 2.22. The summed E-state index contributed by atoms with van der Waals surface area (Å²) in [6.45, 7) is 2.32. The van der Waals surface area contributed by atoms with Crippen molar-refractivity contribution < 1.29 is 13.9 Å². The molecule has 7 heteroatoms. The van der Waals surface area contributed by atoms with Gasteiger partial charge in [0.05, 0.1) is 12.7 Å². The van der Waals surface area contributed by atoms with Gasteiger partial charge in [-0.1, -0.05) is 35.5 Å². The van der Waals surface area contributed by atoms with Crippen LogP contribution in [0.5, 0.6) is 5.75 Å². The van der Waals surface area contributed by atoms with Gasteiger partial charge in [-0.3, -0.25) is 0 Å². The molecule has 0 amide bonds. The van der Waals surface area contributed by atoms with Crippen LogP contribution in [0, 0.1) is 6.92 Å². The molecule has 2 heterocycles. The molecule has 2 aromatic heterocycles. The molecule has 0 radical (unpaired) electrons. The first-order valence-electron chi connectivity index (χ1n) is 8.29. The number of nitrogens with zero attached hydrogens (tertiary/aromatic N) is 3. The Labute approximate surface area is 153 Å². The molecule has 0 aliphatic heterocycles. The number of rotatable bonds is 4. The topological polar surface area (TPSA) is 87.2 Å². The highest BCUT2D eigenvalue weighted by Gasteiger charge is 2.14. The van der Waals surface area contributed by atoms with Gasteiger partial charge in [-0.2, -0.15) is 0 Å². The second-order valence-corrected chi connectivity index (χ2v) is 6.08. The second-order valence-electron chi connectivity index (χ2n) is 6.08. The molecular formula is C20H15N3O4. The Bertz CT molecular complexity index is 1180. The van der Waals surface area contributed by atoms with Crippen LogP contribution < -0.4 is 10.4 Å². The zero-order valence-corrected chi connectivity index (χ0v) is 14.5. The summed E-state index contributed by atoms with van der Waals surface area (Å²) in [6, 6.07) is 16.0. The van der Waals surface area contributed by atoms with E-state index in [1.165, 1.54) is 18.3 Å². The van der Waals surface area contributed by atoms with Gasteiger partial charge in [-0.15, -0.1) is 5.10 Å². The van der Waals surface area contributed by atoms with Crippen molar-refractivity contribution in [1.29, 1.82) is 0 Å². The fourth-order valence-electron chi connectivity index (χ4n) is 2.77. The van der Waals surface area contributed by atoms with Gasteiger partial charge in [0.2, 0.25) is 0 Å². The van der Waals surface area contributed by atoms with Crippen molar-refractivity contribution in [2.24, 2.45) is 0 Å². The first-order chi connectivity index (χ1) is 13.1. The van der Waals surface area contributed by atoms with Crippen molar-refractivity contribution in [3.05, 3.63) is 88.0 Å². The first kappa shape index (κ1) is 16.7. The average Bonchev–Trinajstić information content (AvgIpc) is 3.11. The molecule has 0 N–H and O–H groups in total. The van der Waals surface area contributed by atoms with Crippen LogP contribution in [0.15, 0.2) is 70.0 Å². The number of benzene rings is 2. The summed E-state index contributed by atoms with van der Waals surface area (Å²) in [5, 5.41) is 8.60. The van der Waals surface area contributed by atoms with E-state index in [0.29, 0.717) is 12.1 Å². The summed E-state index contributed by atoms with van der Waals surface area (Å²) in [5.74, 6) is -0.373.